The number of carboxylic acid groups (broad SMARTS) is 1. The van der Waals surface area contributed by atoms with Crippen LogP contribution in [0.1, 0.15) is 12.5 Å². The highest BCUT2D eigenvalue weighted by atomic mass is 35.5. The molecule has 1 N–H and O–H groups in total. The highest BCUT2D eigenvalue weighted by Gasteiger charge is 2.28. The normalized spacial score (nSPS) is 13.6. The molecule has 0 aromatic heterocycles. The van der Waals surface area contributed by atoms with E-state index in [9.17, 15) is 17.6 Å². The average molecular weight is 353 g/mol. The predicted octanol–water partition coefficient (Wildman–Crippen LogP) is 1.81. The lowest BCUT2D eigenvalue weighted by molar-refractivity contribution is -0.141. The van der Waals surface area contributed by atoms with Gasteiger partial charge in [0.2, 0.25) is 0 Å². The van der Waals surface area contributed by atoms with Crippen LogP contribution in [0.3, 0.4) is 0 Å². The Morgan fingerprint density at radius 1 is 1.36 bits per heavy atom. The predicted molar refractivity (Wildman–Crippen MR) is 81.2 cm³/mol. The van der Waals surface area contributed by atoms with Gasteiger partial charge >= 0.3 is 5.97 Å². The molecule has 1 aromatic rings. The Kier molecular flexibility index (Phi) is 6.30. The van der Waals surface area contributed by atoms with E-state index in [1.54, 1.807) is 0 Å². The maximum atomic E-state index is 13.7. The number of halogens is 2. The first-order valence-electron chi connectivity index (χ1n) is 6.40. The molecule has 22 heavy (non-hydrogen) atoms. The molecule has 0 heterocycles. The van der Waals surface area contributed by atoms with E-state index in [1.165, 1.54) is 39.2 Å². The lowest BCUT2D eigenvalue weighted by Gasteiger charge is -2.25. The van der Waals surface area contributed by atoms with Crippen molar-refractivity contribution < 1.29 is 22.7 Å². The molecule has 1 aromatic carbocycles. The van der Waals surface area contributed by atoms with Gasteiger partial charge in [0.05, 0.1) is 5.92 Å². The van der Waals surface area contributed by atoms with E-state index in [1.807, 2.05) is 0 Å². The molecule has 0 aliphatic heterocycles. The first kappa shape index (κ1) is 18.8. The summed E-state index contributed by atoms with van der Waals surface area (Å²) in [5.74, 6) is -2.55. The zero-order valence-electron chi connectivity index (χ0n) is 12.5. The first-order valence-corrected chi connectivity index (χ1v) is 8.18. The van der Waals surface area contributed by atoms with Gasteiger partial charge < -0.3 is 5.11 Å². The molecule has 0 amide bonds. The molecule has 0 radical (unpaired) electrons. The van der Waals surface area contributed by atoms with Gasteiger partial charge in [-0.3, -0.25) is 4.79 Å². The van der Waals surface area contributed by atoms with Gasteiger partial charge in [0.15, 0.2) is 0 Å². The van der Waals surface area contributed by atoms with Gasteiger partial charge in [-0.2, -0.15) is 17.0 Å². The van der Waals surface area contributed by atoms with Crippen LogP contribution in [-0.2, 0) is 21.5 Å². The molecule has 0 fully saturated rings. The summed E-state index contributed by atoms with van der Waals surface area (Å²) in [4.78, 5) is 10.8. The molecule has 9 heteroatoms. The fraction of sp³-hybridized carbons (Fsp3) is 0.462. The van der Waals surface area contributed by atoms with E-state index in [0.717, 1.165) is 8.61 Å². The lowest BCUT2D eigenvalue weighted by Crippen LogP contribution is -2.42. The minimum atomic E-state index is -3.92. The Morgan fingerprint density at radius 2 is 1.95 bits per heavy atom. The second kappa shape index (κ2) is 7.36. The molecule has 1 atom stereocenters. The van der Waals surface area contributed by atoms with E-state index >= 15 is 0 Å². The van der Waals surface area contributed by atoms with Crippen LogP contribution >= 0.6 is 11.6 Å². The fourth-order valence-corrected chi connectivity index (χ4v) is 3.19. The fourth-order valence-electron chi connectivity index (χ4n) is 1.78. The van der Waals surface area contributed by atoms with Gasteiger partial charge in [-0.15, -0.1) is 0 Å². The molecule has 0 aliphatic carbocycles. The van der Waals surface area contributed by atoms with Crippen molar-refractivity contribution >= 4 is 27.8 Å². The molecule has 0 bridgehead atoms. The number of carbonyl (C=O) groups is 1. The number of hydrogen-bond acceptors (Lipinski definition) is 3. The maximum Gasteiger partial charge on any atom is 0.307 e. The Balaban J connectivity index is 2.91. The van der Waals surface area contributed by atoms with Gasteiger partial charge in [-0.1, -0.05) is 24.6 Å². The number of carboxylic acids is 1. The summed E-state index contributed by atoms with van der Waals surface area (Å²) < 4.78 is 40.2. The smallest absolute Gasteiger partial charge is 0.307 e. The van der Waals surface area contributed by atoms with E-state index in [0.29, 0.717) is 0 Å². The third kappa shape index (κ3) is 4.39. The number of rotatable bonds is 7. The quantitative estimate of drug-likeness (QED) is 0.811. The SMILES string of the molecule is CC(CN(C)S(=O)(=O)N(C)Cc1c(F)cccc1Cl)C(=O)O. The molecule has 0 spiro atoms. The number of nitrogens with zero attached hydrogens (tertiary/aromatic N) is 2. The van der Waals surface area contributed by atoms with Crippen molar-refractivity contribution in [3.8, 4) is 0 Å². The standard InChI is InChI=1S/C13H18ClFN2O4S/c1-9(13(18)19)7-16(2)22(20,21)17(3)8-10-11(14)5-4-6-12(10)15/h4-6,9H,7-8H2,1-3H3,(H,18,19). The third-order valence-corrected chi connectivity index (χ3v) is 5.39. The number of aliphatic carboxylic acids is 1. The van der Waals surface area contributed by atoms with E-state index in [4.69, 9.17) is 16.7 Å². The summed E-state index contributed by atoms with van der Waals surface area (Å²) >= 11 is 5.88. The Hall–Kier alpha value is -1.22. The van der Waals surface area contributed by atoms with Crippen molar-refractivity contribution in [1.29, 1.82) is 0 Å². The van der Waals surface area contributed by atoms with Crippen LogP contribution in [0.15, 0.2) is 18.2 Å². The van der Waals surface area contributed by atoms with Gasteiger partial charge in [-0.05, 0) is 12.1 Å². The zero-order chi connectivity index (χ0) is 17.1. The summed E-state index contributed by atoms with van der Waals surface area (Å²) in [7, 11) is -1.37. The van der Waals surface area contributed by atoms with Crippen molar-refractivity contribution in [3.05, 3.63) is 34.6 Å². The molecule has 124 valence electrons. The monoisotopic (exact) mass is 352 g/mol. The molecular formula is C13H18ClFN2O4S. The van der Waals surface area contributed by atoms with Gasteiger partial charge in [0, 0.05) is 37.8 Å². The molecule has 0 saturated heterocycles. The minimum Gasteiger partial charge on any atom is -0.481 e. The highest BCUT2D eigenvalue weighted by Crippen LogP contribution is 2.22. The van der Waals surface area contributed by atoms with Crippen LogP contribution in [-0.4, -0.2) is 48.7 Å². The second-order valence-electron chi connectivity index (χ2n) is 4.98. The molecule has 0 saturated carbocycles. The third-order valence-electron chi connectivity index (χ3n) is 3.18. The lowest BCUT2D eigenvalue weighted by atomic mass is 10.2. The van der Waals surface area contributed by atoms with Crippen LogP contribution in [0.2, 0.25) is 5.02 Å². The first-order chi connectivity index (χ1) is 10.1. The molecule has 0 aliphatic rings. The average Bonchev–Trinajstić information content (AvgIpc) is 2.42. The van der Waals surface area contributed by atoms with Crippen molar-refractivity contribution in [2.45, 2.75) is 13.5 Å². The van der Waals surface area contributed by atoms with Crippen LogP contribution in [0.5, 0.6) is 0 Å². The summed E-state index contributed by atoms with van der Waals surface area (Å²) in [5, 5.41) is 8.97. The van der Waals surface area contributed by atoms with Crippen molar-refractivity contribution in [1.82, 2.24) is 8.61 Å². The van der Waals surface area contributed by atoms with Crippen LogP contribution < -0.4 is 0 Å². The van der Waals surface area contributed by atoms with Crippen molar-refractivity contribution in [3.63, 3.8) is 0 Å². The number of benzene rings is 1. The highest BCUT2D eigenvalue weighted by molar-refractivity contribution is 7.86. The van der Waals surface area contributed by atoms with Gasteiger partial charge in [0.25, 0.3) is 10.2 Å². The van der Waals surface area contributed by atoms with Gasteiger partial charge in [-0.25, -0.2) is 4.39 Å². The van der Waals surface area contributed by atoms with Crippen molar-refractivity contribution in [2.75, 3.05) is 20.6 Å². The Bertz CT molecular complexity index is 633. The molecule has 6 nitrogen and oxygen atoms in total. The summed E-state index contributed by atoms with van der Waals surface area (Å²) in [6.45, 7) is 0.967. The molecule has 1 rings (SSSR count). The summed E-state index contributed by atoms with van der Waals surface area (Å²) in [5.41, 5.74) is 0.0647. The Morgan fingerprint density at radius 3 is 2.45 bits per heavy atom. The summed E-state index contributed by atoms with van der Waals surface area (Å²) in [6.07, 6.45) is 0. The minimum absolute atomic E-state index is 0.0647. The van der Waals surface area contributed by atoms with Crippen molar-refractivity contribution in [2.24, 2.45) is 5.92 Å². The van der Waals surface area contributed by atoms with E-state index in [-0.39, 0.29) is 23.7 Å². The largest absolute Gasteiger partial charge is 0.481 e. The van der Waals surface area contributed by atoms with E-state index in [2.05, 4.69) is 0 Å². The molecule has 1 unspecified atom stereocenters. The maximum absolute atomic E-state index is 13.7. The molecular weight excluding hydrogens is 335 g/mol. The van der Waals surface area contributed by atoms with Gasteiger partial charge in [0.1, 0.15) is 5.82 Å². The van der Waals surface area contributed by atoms with Crippen LogP contribution in [0.25, 0.3) is 0 Å². The second-order valence-corrected chi connectivity index (χ2v) is 7.53. The summed E-state index contributed by atoms with van der Waals surface area (Å²) in [6, 6.07) is 4.09. The number of hydrogen-bond donors (Lipinski definition) is 1. The Labute approximate surface area is 134 Å². The zero-order valence-corrected chi connectivity index (χ0v) is 14.0. The van der Waals surface area contributed by atoms with Crippen LogP contribution in [0.4, 0.5) is 4.39 Å². The van der Waals surface area contributed by atoms with E-state index < -0.39 is 27.9 Å². The van der Waals surface area contributed by atoms with Crippen LogP contribution in [0, 0.1) is 11.7 Å². The topological polar surface area (TPSA) is 77.9 Å².